The molecule has 0 amide bonds. The third-order valence-electron chi connectivity index (χ3n) is 3.45. The maximum atomic E-state index is 5.54. The number of guanidine groups is 1. The number of anilines is 1. The number of nitrogens with one attached hydrogen (secondary N) is 2. The van der Waals surface area contributed by atoms with Crippen molar-refractivity contribution in [1.29, 1.82) is 0 Å². The summed E-state index contributed by atoms with van der Waals surface area (Å²) in [6.07, 6.45) is 1.71. The van der Waals surface area contributed by atoms with E-state index in [4.69, 9.17) is 14.2 Å². The van der Waals surface area contributed by atoms with Gasteiger partial charge in [-0.1, -0.05) is 6.07 Å². The van der Waals surface area contributed by atoms with Gasteiger partial charge in [-0.05, 0) is 25.1 Å². The third kappa shape index (κ3) is 5.00. The summed E-state index contributed by atoms with van der Waals surface area (Å²) < 4.78 is 16.1. The van der Waals surface area contributed by atoms with Crippen molar-refractivity contribution in [3.8, 4) is 17.4 Å². The van der Waals surface area contributed by atoms with E-state index < -0.39 is 0 Å². The Morgan fingerprint density at radius 3 is 2.64 bits per heavy atom. The molecule has 134 valence electrons. The lowest BCUT2D eigenvalue weighted by Crippen LogP contribution is -2.30. The minimum atomic E-state index is 0.538. The number of aliphatic imine (C=N–C) groups is 1. The summed E-state index contributed by atoms with van der Waals surface area (Å²) in [4.78, 5) is 8.48. The van der Waals surface area contributed by atoms with Crippen molar-refractivity contribution < 1.29 is 14.2 Å². The molecule has 0 saturated heterocycles. The molecule has 0 fully saturated rings. The van der Waals surface area contributed by atoms with Crippen molar-refractivity contribution in [3.05, 3.63) is 42.1 Å². The number of nitrogens with zero attached hydrogens (tertiary/aromatic N) is 2. The Hall–Kier alpha value is -2.96. The molecule has 0 unspecified atom stereocenters. The molecular weight excluding hydrogens is 320 g/mol. The monoisotopic (exact) mass is 344 g/mol. The molecule has 1 aromatic carbocycles. The Morgan fingerprint density at radius 2 is 1.96 bits per heavy atom. The van der Waals surface area contributed by atoms with Crippen molar-refractivity contribution in [1.82, 2.24) is 10.3 Å². The summed E-state index contributed by atoms with van der Waals surface area (Å²) in [7, 11) is 4.92. The lowest BCUT2D eigenvalue weighted by molar-refractivity contribution is 0.322. The number of methoxy groups -OCH3 is 2. The minimum absolute atomic E-state index is 0.538. The molecule has 0 aliphatic rings. The molecule has 0 atom stereocenters. The molecule has 0 bridgehead atoms. The largest absolute Gasteiger partial charge is 0.493 e. The quantitative estimate of drug-likeness (QED) is 0.594. The van der Waals surface area contributed by atoms with Gasteiger partial charge >= 0.3 is 0 Å². The number of hydrogen-bond donors (Lipinski definition) is 2. The third-order valence-corrected chi connectivity index (χ3v) is 3.45. The first-order valence-electron chi connectivity index (χ1n) is 7.98. The molecule has 1 aromatic heterocycles. The number of aromatic nitrogens is 1. The number of hydrogen-bond acceptors (Lipinski definition) is 5. The van der Waals surface area contributed by atoms with Crippen molar-refractivity contribution in [3.63, 3.8) is 0 Å². The predicted molar refractivity (Wildman–Crippen MR) is 98.8 cm³/mol. The van der Waals surface area contributed by atoms with Crippen LogP contribution in [-0.2, 0) is 6.54 Å². The Kier molecular flexibility index (Phi) is 6.88. The number of ether oxygens (including phenoxy) is 3. The molecule has 0 radical (unpaired) electrons. The van der Waals surface area contributed by atoms with Crippen LogP contribution < -0.4 is 24.8 Å². The first-order valence-corrected chi connectivity index (χ1v) is 7.98. The zero-order valence-corrected chi connectivity index (χ0v) is 15.0. The molecule has 2 N–H and O–H groups in total. The molecule has 0 aliphatic heterocycles. The first-order chi connectivity index (χ1) is 12.2. The summed E-state index contributed by atoms with van der Waals surface area (Å²) in [5.41, 5.74) is 1.79. The van der Waals surface area contributed by atoms with E-state index in [1.807, 2.05) is 37.3 Å². The summed E-state index contributed by atoms with van der Waals surface area (Å²) in [5.74, 6) is 2.57. The van der Waals surface area contributed by atoms with Crippen LogP contribution in [-0.4, -0.2) is 38.8 Å². The van der Waals surface area contributed by atoms with Crippen molar-refractivity contribution >= 4 is 11.6 Å². The Balaban J connectivity index is 2.04. The topological polar surface area (TPSA) is 77.0 Å². The molecule has 0 saturated carbocycles. The van der Waals surface area contributed by atoms with Crippen LogP contribution in [0.3, 0.4) is 0 Å². The SMILES string of the molecule is CCOc1ncccc1CNC(=NC)Nc1ccc(OC)c(OC)c1. The summed E-state index contributed by atoms with van der Waals surface area (Å²) in [5, 5.41) is 6.46. The van der Waals surface area contributed by atoms with Crippen LogP contribution in [0.5, 0.6) is 17.4 Å². The van der Waals surface area contributed by atoms with E-state index in [9.17, 15) is 0 Å². The van der Waals surface area contributed by atoms with E-state index in [1.165, 1.54) is 0 Å². The lowest BCUT2D eigenvalue weighted by Gasteiger charge is -2.15. The van der Waals surface area contributed by atoms with Gasteiger partial charge in [0.05, 0.1) is 20.8 Å². The van der Waals surface area contributed by atoms with Crippen LogP contribution >= 0.6 is 0 Å². The first kappa shape index (κ1) is 18.4. The van der Waals surface area contributed by atoms with Gasteiger partial charge in [-0.3, -0.25) is 4.99 Å². The van der Waals surface area contributed by atoms with E-state index in [0.29, 0.717) is 36.5 Å². The van der Waals surface area contributed by atoms with Gasteiger partial charge in [0.25, 0.3) is 0 Å². The summed E-state index contributed by atoms with van der Waals surface area (Å²) in [6, 6.07) is 9.42. The fourth-order valence-electron chi connectivity index (χ4n) is 2.23. The second-order valence-corrected chi connectivity index (χ2v) is 5.02. The van der Waals surface area contributed by atoms with Crippen molar-refractivity contribution in [2.75, 3.05) is 33.2 Å². The van der Waals surface area contributed by atoms with Gasteiger partial charge in [0, 0.05) is 37.1 Å². The predicted octanol–water partition coefficient (Wildman–Crippen LogP) is 2.69. The van der Waals surface area contributed by atoms with E-state index >= 15 is 0 Å². The van der Waals surface area contributed by atoms with Gasteiger partial charge in [-0.2, -0.15) is 0 Å². The summed E-state index contributed by atoms with van der Waals surface area (Å²) in [6.45, 7) is 3.04. The summed E-state index contributed by atoms with van der Waals surface area (Å²) >= 11 is 0. The molecule has 7 nitrogen and oxygen atoms in total. The van der Waals surface area contributed by atoms with Gasteiger partial charge < -0.3 is 24.8 Å². The maximum Gasteiger partial charge on any atom is 0.218 e. The highest BCUT2D eigenvalue weighted by Crippen LogP contribution is 2.29. The lowest BCUT2D eigenvalue weighted by atomic mass is 10.2. The highest BCUT2D eigenvalue weighted by Gasteiger charge is 2.08. The number of benzene rings is 1. The molecule has 25 heavy (non-hydrogen) atoms. The van der Waals surface area contributed by atoms with Crippen LogP contribution in [0.2, 0.25) is 0 Å². The minimum Gasteiger partial charge on any atom is -0.493 e. The standard InChI is InChI=1S/C18H24N4O3/c1-5-25-17-13(7-6-10-20-17)12-21-18(19-2)22-14-8-9-15(23-3)16(11-14)24-4/h6-11H,5,12H2,1-4H3,(H2,19,21,22). The molecule has 0 spiro atoms. The van der Waals surface area contributed by atoms with Crippen LogP contribution in [0, 0.1) is 0 Å². The fraction of sp³-hybridized carbons (Fsp3) is 0.333. The van der Waals surface area contributed by atoms with Gasteiger partial charge in [-0.25, -0.2) is 4.98 Å². The van der Waals surface area contributed by atoms with E-state index in [1.54, 1.807) is 27.5 Å². The van der Waals surface area contributed by atoms with Crippen LogP contribution in [0.25, 0.3) is 0 Å². The second kappa shape index (κ2) is 9.36. The van der Waals surface area contributed by atoms with E-state index in [0.717, 1.165) is 11.3 Å². The molecule has 0 aliphatic carbocycles. The van der Waals surface area contributed by atoms with Gasteiger partial charge in [0.2, 0.25) is 5.88 Å². The molecule has 2 aromatic rings. The van der Waals surface area contributed by atoms with Gasteiger partial charge in [0.1, 0.15) is 0 Å². The van der Waals surface area contributed by atoms with Crippen molar-refractivity contribution in [2.24, 2.45) is 4.99 Å². The van der Waals surface area contributed by atoms with Crippen LogP contribution in [0.1, 0.15) is 12.5 Å². The van der Waals surface area contributed by atoms with E-state index in [-0.39, 0.29) is 0 Å². The van der Waals surface area contributed by atoms with Crippen LogP contribution in [0.4, 0.5) is 5.69 Å². The molecule has 2 rings (SSSR count). The van der Waals surface area contributed by atoms with Crippen LogP contribution in [0.15, 0.2) is 41.5 Å². The highest BCUT2D eigenvalue weighted by molar-refractivity contribution is 5.93. The maximum absolute atomic E-state index is 5.54. The zero-order valence-electron chi connectivity index (χ0n) is 15.0. The normalized spacial score (nSPS) is 11.0. The second-order valence-electron chi connectivity index (χ2n) is 5.02. The highest BCUT2D eigenvalue weighted by atomic mass is 16.5. The molecule has 1 heterocycles. The number of pyridine rings is 1. The average Bonchev–Trinajstić information content (AvgIpc) is 2.66. The Bertz CT molecular complexity index is 719. The number of rotatable bonds is 7. The Morgan fingerprint density at radius 1 is 1.16 bits per heavy atom. The van der Waals surface area contributed by atoms with Crippen molar-refractivity contribution in [2.45, 2.75) is 13.5 Å². The van der Waals surface area contributed by atoms with E-state index in [2.05, 4.69) is 20.6 Å². The smallest absolute Gasteiger partial charge is 0.218 e. The van der Waals surface area contributed by atoms with Gasteiger partial charge in [-0.15, -0.1) is 0 Å². The zero-order chi connectivity index (χ0) is 18.1. The fourth-order valence-corrected chi connectivity index (χ4v) is 2.23. The van der Waals surface area contributed by atoms with Gasteiger partial charge in [0.15, 0.2) is 17.5 Å². The molecular formula is C18H24N4O3. The molecule has 7 heteroatoms. The average molecular weight is 344 g/mol. The Labute approximate surface area is 148 Å².